The molecule has 7 rings (SSSR count). The Bertz CT molecular complexity index is 1480. The third-order valence-corrected chi connectivity index (χ3v) is 10.1. The second-order valence-corrected chi connectivity index (χ2v) is 12.6. The van der Waals surface area contributed by atoms with Crippen molar-refractivity contribution in [1.29, 1.82) is 0 Å². The van der Waals surface area contributed by atoms with Crippen LogP contribution in [-0.2, 0) is 6.54 Å². The smallest absolute Gasteiger partial charge is 0.252 e. The summed E-state index contributed by atoms with van der Waals surface area (Å²) in [5.41, 5.74) is 5.75. The van der Waals surface area contributed by atoms with Gasteiger partial charge in [0, 0.05) is 87.1 Å². The first-order chi connectivity index (χ1) is 21.0. The highest BCUT2D eigenvalue weighted by molar-refractivity contribution is 5.98. The summed E-state index contributed by atoms with van der Waals surface area (Å²) in [5, 5.41) is 12.7. The van der Waals surface area contributed by atoms with E-state index in [0.717, 1.165) is 69.1 Å². The number of piperazine rings is 1. The first-order valence-electron chi connectivity index (χ1n) is 15.9. The quantitative estimate of drug-likeness (QED) is 0.407. The molecule has 4 aliphatic rings. The molecule has 226 valence electrons. The lowest BCUT2D eigenvalue weighted by molar-refractivity contribution is 0.0965. The predicted molar refractivity (Wildman–Crippen MR) is 167 cm³/mol. The number of piperidine rings is 1. The van der Waals surface area contributed by atoms with E-state index in [1.807, 2.05) is 12.1 Å². The number of nitrogens with zero attached hydrogens (tertiary/aromatic N) is 3. The van der Waals surface area contributed by atoms with Crippen molar-refractivity contribution in [2.45, 2.75) is 38.6 Å². The van der Waals surface area contributed by atoms with Gasteiger partial charge in [-0.25, -0.2) is 4.39 Å². The fourth-order valence-electron chi connectivity index (χ4n) is 7.54. The Balaban J connectivity index is 0.922. The molecule has 4 heterocycles. The third kappa shape index (κ3) is 5.53. The van der Waals surface area contributed by atoms with Crippen LogP contribution in [0.5, 0.6) is 11.5 Å². The van der Waals surface area contributed by atoms with Crippen LogP contribution in [0.2, 0.25) is 0 Å². The standard InChI is InChI=1S/C35H41FN4O3/c1-2-24-22-43-33-18-28(41)7-8-29(33)34(24)25-3-5-27(6-4-25)39-11-9-23(10-12-39)21-38-13-15-40(16-14-38)32-17-26-20-37-35(42)30(26)19-31(32)36/h3-8,17-19,23-24,34,41H,2,9-16,20-22H2,1H3,(H,37,42)/t24-,34+/m1/s1. The molecule has 0 bridgehead atoms. The molecule has 0 aliphatic carbocycles. The van der Waals surface area contributed by atoms with E-state index in [0.29, 0.717) is 36.2 Å². The molecular weight excluding hydrogens is 543 g/mol. The lowest BCUT2D eigenvalue weighted by Gasteiger charge is -2.40. The number of anilines is 2. The normalized spacial score (nSPS) is 22.6. The average molecular weight is 585 g/mol. The van der Waals surface area contributed by atoms with Crippen molar-refractivity contribution in [3.8, 4) is 11.5 Å². The number of ether oxygens (including phenoxy) is 1. The van der Waals surface area contributed by atoms with Gasteiger partial charge < -0.3 is 25.0 Å². The Hall–Kier alpha value is -3.78. The summed E-state index contributed by atoms with van der Waals surface area (Å²) in [4.78, 5) is 19.1. The summed E-state index contributed by atoms with van der Waals surface area (Å²) in [6.07, 6.45) is 3.40. The van der Waals surface area contributed by atoms with Gasteiger partial charge in [-0.15, -0.1) is 0 Å². The van der Waals surface area contributed by atoms with E-state index in [9.17, 15) is 14.3 Å². The number of phenolic OH excluding ortho intramolecular Hbond substituents is 1. The maximum absolute atomic E-state index is 14.8. The summed E-state index contributed by atoms with van der Waals surface area (Å²) in [7, 11) is 0. The Morgan fingerprint density at radius 1 is 0.953 bits per heavy atom. The number of hydrogen-bond acceptors (Lipinski definition) is 6. The van der Waals surface area contributed by atoms with Gasteiger partial charge in [-0.1, -0.05) is 25.1 Å². The number of fused-ring (bicyclic) bond motifs is 2. The molecule has 0 unspecified atom stereocenters. The molecular formula is C35H41FN4O3. The van der Waals surface area contributed by atoms with E-state index in [1.165, 1.54) is 30.2 Å². The molecule has 4 aliphatic heterocycles. The van der Waals surface area contributed by atoms with Gasteiger partial charge in [0.25, 0.3) is 5.91 Å². The number of halogens is 1. The first-order valence-corrected chi connectivity index (χ1v) is 15.9. The lowest BCUT2D eigenvalue weighted by atomic mass is 9.78. The van der Waals surface area contributed by atoms with Gasteiger partial charge in [0.1, 0.15) is 17.3 Å². The van der Waals surface area contributed by atoms with Crippen LogP contribution in [0.3, 0.4) is 0 Å². The summed E-state index contributed by atoms with van der Waals surface area (Å²) < 4.78 is 20.8. The highest BCUT2D eigenvalue weighted by atomic mass is 19.1. The van der Waals surface area contributed by atoms with Crippen molar-refractivity contribution in [1.82, 2.24) is 10.2 Å². The Morgan fingerprint density at radius 2 is 1.72 bits per heavy atom. The number of amides is 1. The van der Waals surface area contributed by atoms with Crippen molar-refractivity contribution < 1.29 is 19.0 Å². The van der Waals surface area contributed by atoms with Crippen LogP contribution in [0.1, 0.15) is 59.2 Å². The maximum atomic E-state index is 14.8. The average Bonchev–Trinajstić information content (AvgIpc) is 3.39. The van der Waals surface area contributed by atoms with Gasteiger partial charge in [-0.2, -0.15) is 0 Å². The summed E-state index contributed by atoms with van der Waals surface area (Å²) >= 11 is 0. The fourth-order valence-corrected chi connectivity index (χ4v) is 7.54. The van der Waals surface area contributed by atoms with E-state index in [4.69, 9.17) is 4.74 Å². The van der Waals surface area contributed by atoms with Crippen LogP contribution in [0, 0.1) is 17.7 Å². The molecule has 0 saturated carbocycles. The minimum atomic E-state index is -0.298. The Kier molecular flexibility index (Phi) is 7.63. The Morgan fingerprint density at radius 3 is 2.47 bits per heavy atom. The third-order valence-electron chi connectivity index (χ3n) is 10.1. The molecule has 0 radical (unpaired) electrons. The number of hydrogen-bond donors (Lipinski definition) is 2. The molecule has 1 amide bonds. The zero-order chi connectivity index (χ0) is 29.5. The van der Waals surface area contributed by atoms with E-state index in [-0.39, 0.29) is 23.4 Å². The van der Waals surface area contributed by atoms with Crippen LogP contribution < -0.4 is 19.9 Å². The lowest BCUT2D eigenvalue weighted by Crippen LogP contribution is -2.49. The zero-order valence-corrected chi connectivity index (χ0v) is 24.9. The number of aromatic hydroxyl groups is 1. The van der Waals surface area contributed by atoms with Crippen LogP contribution in [-0.4, -0.2) is 68.3 Å². The molecule has 2 N–H and O–H groups in total. The number of carbonyl (C=O) groups is 1. The van der Waals surface area contributed by atoms with Gasteiger partial charge in [0.15, 0.2) is 0 Å². The van der Waals surface area contributed by atoms with Gasteiger partial charge in [0.2, 0.25) is 0 Å². The molecule has 8 heteroatoms. The maximum Gasteiger partial charge on any atom is 0.252 e. The molecule has 3 aromatic rings. The number of nitrogens with one attached hydrogen (secondary N) is 1. The van der Waals surface area contributed by atoms with Crippen LogP contribution in [0.4, 0.5) is 15.8 Å². The van der Waals surface area contributed by atoms with Gasteiger partial charge >= 0.3 is 0 Å². The van der Waals surface area contributed by atoms with Gasteiger partial charge in [-0.05, 0) is 66.6 Å². The second-order valence-electron chi connectivity index (χ2n) is 12.6. The number of carbonyl (C=O) groups excluding carboxylic acids is 1. The van der Waals surface area contributed by atoms with Crippen molar-refractivity contribution in [3.05, 3.63) is 82.7 Å². The molecule has 7 nitrogen and oxygen atoms in total. The highest BCUT2D eigenvalue weighted by Crippen LogP contribution is 2.44. The number of phenols is 1. The molecule has 2 saturated heterocycles. The van der Waals surface area contributed by atoms with Crippen molar-refractivity contribution in [3.63, 3.8) is 0 Å². The molecule has 2 fully saturated rings. The van der Waals surface area contributed by atoms with Gasteiger partial charge in [-0.3, -0.25) is 9.69 Å². The van der Waals surface area contributed by atoms with Crippen LogP contribution in [0.15, 0.2) is 54.6 Å². The SMILES string of the molecule is CC[C@@H]1COc2cc(O)ccc2[C@@H]1c1ccc(N2CCC(CN3CCN(c4cc5c(cc4F)C(=O)NC5)CC3)CC2)cc1. The molecule has 0 aromatic heterocycles. The van der Waals surface area contributed by atoms with Crippen LogP contribution >= 0.6 is 0 Å². The Labute approximate surface area is 253 Å². The van der Waals surface area contributed by atoms with E-state index in [2.05, 4.69) is 51.2 Å². The molecule has 43 heavy (non-hydrogen) atoms. The van der Waals surface area contributed by atoms with Crippen molar-refractivity contribution >= 4 is 17.3 Å². The van der Waals surface area contributed by atoms with E-state index >= 15 is 0 Å². The minimum absolute atomic E-state index is 0.179. The topological polar surface area (TPSA) is 68.3 Å². The molecule has 0 spiro atoms. The summed E-state index contributed by atoms with van der Waals surface area (Å²) in [6.45, 7) is 10.1. The largest absolute Gasteiger partial charge is 0.508 e. The first kappa shape index (κ1) is 28.0. The zero-order valence-electron chi connectivity index (χ0n) is 24.9. The van der Waals surface area contributed by atoms with Gasteiger partial charge in [0.05, 0.1) is 12.3 Å². The van der Waals surface area contributed by atoms with Crippen molar-refractivity contribution in [2.24, 2.45) is 11.8 Å². The van der Waals surface area contributed by atoms with Crippen LogP contribution in [0.25, 0.3) is 0 Å². The second kappa shape index (κ2) is 11.7. The molecule has 3 aromatic carbocycles. The number of rotatable bonds is 6. The predicted octanol–water partition coefficient (Wildman–Crippen LogP) is 5.36. The monoisotopic (exact) mass is 584 g/mol. The molecule has 2 atom stereocenters. The van der Waals surface area contributed by atoms with E-state index in [1.54, 1.807) is 12.1 Å². The highest BCUT2D eigenvalue weighted by Gasteiger charge is 2.32. The van der Waals surface area contributed by atoms with E-state index < -0.39 is 0 Å². The van der Waals surface area contributed by atoms with Crippen molar-refractivity contribution in [2.75, 3.05) is 62.2 Å². The summed E-state index contributed by atoms with van der Waals surface area (Å²) in [6, 6.07) is 17.9. The summed E-state index contributed by atoms with van der Waals surface area (Å²) in [5.74, 6) is 1.93. The number of benzene rings is 3. The fraction of sp³-hybridized carbons (Fsp3) is 0.457. The minimum Gasteiger partial charge on any atom is -0.508 e.